The molecule has 112 valence electrons. The first-order chi connectivity index (χ1) is 9.99. The van der Waals surface area contributed by atoms with Crippen LogP contribution in [0.1, 0.15) is 25.3 Å². The van der Waals surface area contributed by atoms with Crippen molar-refractivity contribution in [2.75, 3.05) is 13.1 Å². The molecule has 4 nitrogen and oxygen atoms in total. The molecule has 1 saturated heterocycles. The first-order valence-electron chi connectivity index (χ1n) is 7.11. The second kappa shape index (κ2) is 5.35. The fraction of sp³-hybridized carbons (Fsp3) is 0.438. The van der Waals surface area contributed by atoms with Crippen LogP contribution in [0.4, 0.5) is 0 Å². The summed E-state index contributed by atoms with van der Waals surface area (Å²) in [6.45, 7) is 3.87. The van der Waals surface area contributed by atoms with Crippen molar-refractivity contribution in [3.05, 3.63) is 35.0 Å². The zero-order valence-corrected chi connectivity index (χ0v) is 12.7. The Labute approximate surface area is 128 Å². The Morgan fingerprint density at radius 2 is 2.24 bits per heavy atom. The summed E-state index contributed by atoms with van der Waals surface area (Å²) < 4.78 is 5.56. The van der Waals surface area contributed by atoms with Crippen LogP contribution in [0.3, 0.4) is 0 Å². The summed E-state index contributed by atoms with van der Waals surface area (Å²) >= 11 is 6.21. The molecule has 1 aromatic heterocycles. The molecular weight excluding hydrogens is 290 g/mol. The molecule has 1 aliphatic rings. The normalized spacial score (nSPS) is 23.5. The predicted octanol–water partition coefficient (Wildman–Crippen LogP) is 3.77. The Bertz CT molecular complexity index is 681. The average molecular weight is 308 g/mol. The van der Waals surface area contributed by atoms with E-state index < -0.39 is 11.4 Å². The Balaban J connectivity index is 1.85. The molecule has 0 aliphatic carbocycles. The first-order valence-corrected chi connectivity index (χ1v) is 7.49. The third-order valence-corrected chi connectivity index (χ3v) is 4.63. The molecule has 5 heteroatoms. The lowest BCUT2D eigenvalue weighted by Crippen LogP contribution is -2.45. The van der Waals surface area contributed by atoms with Gasteiger partial charge in [-0.15, -0.1) is 0 Å². The van der Waals surface area contributed by atoms with Crippen LogP contribution in [0.25, 0.3) is 11.0 Å². The molecule has 0 bridgehead atoms. The van der Waals surface area contributed by atoms with E-state index in [1.807, 2.05) is 31.2 Å². The molecule has 1 aliphatic heterocycles. The van der Waals surface area contributed by atoms with Gasteiger partial charge in [0.1, 0.15) is 5.58 Å². The van der Waals surface area contributed by atoms with Crippen LogP contribution in [0.5, 0.6) is 0 Å². The van der Waals surface area contributed by atoms with E-state index in [0.29, 0.717) is 18.3 Å². The van der Waals surface area contributed by atoms with Crippen molar-refractivity contribution in [3.8, 4) is 0 Å². The second-order valence-corrected chi connectivity index (χ2v) is 6.37. The largest absolute Gasteiger partial charge is 0.481 e. The van der Waals surface area contributed by atoms with Crippen molar-refractivity contribution in [3.63, 3.8) is 0 Å². The van der Waals surface area contributed by atoms with Crippen LogP contribution < -0.4 is 0 Å². The Morgan fingerprint density at radius 1 is 1.48 bits per heavy atom. The molecule has 21 heavy (non-hydrogen) atoms. The van der Waals surface area contributed by atoms with E-state index in [-0.39, 0.29) is 0 Å². The minimum absolute atomic E-state index is 0.402. The van der Waals surface area contributed by atoms with Crippen LogP contribution >= 0.6 is 11.6 Å². The molecule has 3 rings (SSSR count). The number of likely N-dealkylation sites (tertiary alicyclic amines) is 1. The number of hydrogen-bond donors (Lipinski definition) is 1. The smallest absolute Gasteiger partial charge is 0.310 e. The van der Waals surface area contributed by atoms with Gasteiger partial charge < -0.3 is 9.52 Å². The highest BCUT2D eigenvalue weighted by molar-refractivity contribution is 6.30. The summed E-state index contributed by atoms with van der Waals surface area (Å²) in [6, 6.07) is 7.74. The van der Waals surface area contributed by atoms with Gasteiger partial charge in [-0.1, -0.05) is 18.2 Å². The molecule has 1 aromatic carbocycles. The maximum absolute atomic E-state index is 11.4. The van der Waals surface area contributed by atoms with Crippen LogP contribution in [-0.2, 0) is 11.3 Å². The second-order valence-electron chi connectivity index (χ2n) is 6.03. The van der Waals surface area contributed by atoms with E-state index in [0.717, 1.165) is 35.9 Å². The van der Waals surface area contributed by atoms with Gasteiger partial charge in [0.25, 0.3) is 0 Å². The third kappa shape index (κ3) is 2.65. The number of rotatable bonds is 3. The summed E-state index contributed by atoms with van der Waals surface area (Å²) in [7, 11) is 0. The predicted molar refractivity (Wildman–Crippen MR) is 81.5 cm³/mol. The maximum atomic E-state index is 11.4. The lowest BCUT2D eigenvalue weighted by Gasteiger charge is -2.37. The number of nitrogens with zero attached hydrogens (tertiary/aromatic N) is 1. The summed E-state index contributed by atoms with van der Waals surface area (Å²) in [4.78, 5) is 13.6. The van der Waals surface area contributed by atoms with E-state index in [1.165, 1.54) is 0 Å². The van der Waals surface area contributed by atoms with Crippen LogP contribution in [0, 0.1) is 5.41 Å². The van der Waals surface area contributed by atoms with Gasteiger partial charge in [0.15, 0.2) is 5.22 Å². The molecular formula is C16H18ClNO3. The van der Waals surface area contributed by atoms with Gasteiger partial charge in [-0.2, -0.15) is 0 Å². The van der Waals surface area contributed by atoms with Gasteiger partial charge in [-0.25, -0.2) is 0 Å². The Kier molecular flexibility index (Phi) is 3.68. The number of halogens is 1. The number of fused-ring (bicyclic) bond motifs is 1. The number of aliphatic carboxylic acids is 1. The van der Waals surface area contributed by atoms with Gasteiger partial charge in [0.2, 0.25) is 0 Å². The molecule has 0 amide bonds. The molecule has 2 heterocycles. The number of furan rings is 1. The topological polar surface area (TPSA) is 53.7 Å². The minimum Gasteiger partial charge on any atom is -0.481 e. The zero-order valence-electron chi connectivity index (χ0n) is 11.9. The standard InChI is InChI=1S/C16H18ClNO3/c1-16(15(19)20)7-4-8-18(10-16)9-12-11-5-2-3-6-13(11)21-14(12)17/h2-3,5-6H,4,7-10H2,1H3,(H,19,20). The third-order valence-electron chi connectivity index (χ3n) is 4.32. The van der Waals surface area contributed by atoms with Gasteiger partial charge in [0, 0.05) is 24.0 Å². The number of carbonyl (C=O) groups is 1. The minimum atomic E-state index is -0.727. The van der Waals surface area contributed by atoms with Crippen LogP contribution in [0.15, 0.2) is 28.7 Å². The highest BCUT2D eigenvalue weighted by Crippen LogP contribution is 2.34. The SMILES string of the molecule is CC1(C(=O)O)CCCN(Cc2c(Cl)oc3ccccc23)C1. The number of hydrogen-bond acceptors (Lipinski definition) is 3. The summed E-state index contributed by atoms with van der Waals surface area (Å²) in [6.07, 6.45) is 1.61. The monoisotopic (exact) mass is 307 g/mol. The van der Waals surface area contributed by atoms with Crippen molar-refractivity contribution in [2.24, 2.45) is 5.41 Å². The number of para-hydroxylation sites is 1. The van der Waals surface area contributed by atoms with E-state index in [9.17, 15) is 9.90 Å². The Hall–Kier alpha value is -1.52. The average Bonchev–Trinajstić information content (AvgIpc) is 2.75. The lowest BCUT2D eigenvalue weighted by molar-refractivity contribution is -0.151. The number of piperidine rings is 1. The highest BCUT2D eigenvalue weighted by atomic mass is 35.5. The fourth-order valence-electron chi connectivity index (χ4n) is 3.09. The molecule has 1 fully saturated rings. The van der Waals surface area contributed by atoms with E-state index >= 15 is 0 Å². The molecule has 2 aromatic rings. The molecule has 1 unspecified atom stereocenters. The Morgan fingerprint density at radius 3 is 3.00 bits per heavy atom. The summed E-state index contributed by atoms with van der Waals surface area (Å²) in [5.41, 5.74) is 1.04. The molecule has 1 atom stereocenters. The maximum Gasteiger partial charge on any atom is 0.310 e. The van der Waals surface area contributed by atoms with Gasteiger partial charge in [0.05, 0.1) is 5.41 Å². The van der Waals surface area contributed by atoms with Gasteiger partial charge in [-0.3, -0.25) is 9.69 Å². The highest BCUT2D eigenvalue weighted by Gasteiger charge is 2.38. The van der Waals surface area contributed by atoms with Crippen molar-refractivity contribution in [1.82, 2.24) is 4.90 Å². The number of carboxylic acid groups (broad SMARTS) is 1. The van der Waals surface area contributed by atoms with E-state index in [1.54, 1.807) is 0 Å². The molecule has 0 spiro atoms. The number of carboxylic acids is 1. The number of benzene rings is 1. The summed E-state index contributed by atoms with van der Waals surface area (Å²) in [5.74, 6) is -0.727. The lowest BCUT2D eigenvalue weighted by atomic mass is 9.82. The first kappa shape index (κ1) is 14.4. The zero-order chi connectivity index (χ0) is 15.0. The van der Waals surface area contributed by atoms with Crippen molar-refractivity contribution >= 4 is 28.5 Å². The molecule has 0 saturated carbocycles. The van der Waals surface area contributed by atoms with Crippen molar-refractivity contribution in [1.29, 1.82) is 0 Å². The van der Waals surface area contributed by atoms with E-state index in [4.69, 9.17) is 16.0 Å². The summed E-state index contributed by atoms with van der Waals surface area (Å²) in [5, 5.41) is 10.8. The van der Waals surface area contributed by atoms with Gasteiger partial charge in [-0.05, 0) is 44.0 Å². The van der Waals surface area contributed by atoms with Crippen molar-refractivity contribution in [2.45, 2.75) is 26.3 Å². The van der Waals surface area contributed by atoms with Crippen molar-refractivity contribution < 1.29 is 14.3 Å². The molecule has 1 N–H and O–H groups in total. The fourth-order valence-corrected chi connectivity index (χ4v) is 3.34. The molecule has 0 radical (unpaired) electrons. The van der Waals surface area contributed by atoms with Crippen LogP contribution in [0.2, 0.25) is 5.22 Å². The van der Waals surface area contributed by atoms with Gasteiger partial charge >= 0.3 is 5.97 Å². The van der Waals surface area contributed by atoms with E-state index in [2.05, 4.69) is 4.90 Å². The quantitative estimate of drug-likeness (QED) is 0.937. The van der Waals surface area contributed by atoms with Crippen LogP contribution in [-0.4, -0.2) is 29.1 Å².